The Hall–Kier alpha value is -1.59. The van der Waals surface area contributed by atoms with Gasteiger partial charge in [0, 0.05) is 21.7 Å². The Morgan fingerprint density at radius 3 is 2.62 bits per heavy atom. The van der Waals surface area contributed by atoms with Crippen molar-refractivity contribution in [1.82, 2.24) is 0 Å². The van der Waals surface area contributed by atoms with Gasteiger partial charge in [-0.3, -0.25) is 0 Å². The topological polar surface area (TPSA) is 38.7 Å². The van der Waals surface area contributed by atoms with E-state index in [9.17, 15) is 9.50 Å². The molecule has 2 aromatic rings. The van der Waals surface area contributed by atoms with Crippen LogP contribution >= 0.6 is 15.9 Å². The molecule has 0 radical (unpaired) electrons. The number of aliphatic hydroxyl groups is 1. The van der Waals surface area contributed by atoms with Gasteiger partial charge in [-0.05, 0) is 37.3 Å². The molecule has 0 aliphatic rings. The third kappa shape index (κ3) is 3.95. The zero-order valence-electron chi connectivity index (χ0n) is 11.8. The molecule has 1 unspecified atom stereocenters. The van der Waals surface area contributed by atoms with Gasteiger partial charge in [0.2, 0.25) is 0 Å². The van der Waals surface area contributed by atoms with Crippen LogP contribution in [0.25, 0.3) is 0 Å². The van der Waals surface area contributed by atoms with Crippen molar-refractivity contribution in [2.24, 2.45) is 0 Å². The molecular weight excluding hydrogens is 339 g/mol. The van der Waals surface area contributed by atoms with Gasteiger partial charge >= 0.3 is 0 Å². The molecule has 0 amide bonds. The monoisotopic (exact) mass is 354 g/mol. The molecule has 0 aliphatic heterocycles. The number of hydrogen-bond donors (Lipinski definition) is 1. The van der Waals surface area contributed by atoms with Crippen molar-refractivity contribution in [3.05, 3.63) is 57.8 Å². The highest BCUT2D eigenvalue weighted by Gasteiger charge is 2.10. The van der Waals surface area contributed by atoms with Crippen LogP contribution in [0.1, 0.15) is 24.2 Å². The Balaban J connectivity index is 2.13. The van der Waals surface area contributed by atoms with Crippen molar-refractivity contribution in [2.45, 2.75) is 19.6 Å². The second-order valence-electron chi connectivity index (χ2n) is 4.60. The fourth-order valence-corrected chi connectivity index (χ4v) is 2.37. The lowest BCUT2D eigenvalue weighted by Gasteiger charge is -2.12. The molecule has 0 aromatic heterocycles. The van der Waals surface area contributed by atoms with E-state index in [1.807, 2.05) is 18.2 Å². The zero-order chi connectivity index (χ0) is 15.4. The molecule has 0 fully saturated rings. The van der Waals surface area contributed by atoms with Crippen molar-refractivity contribution in [3.8, 4) is 11.5 Å². The highest BCUT2D eigenvalue weighted by Crippen LogP contribution is 2.26. The Morgan fingerprint density at radius 2 is 2.00 bits per heavy atom. The first-order chi connectivity index (χ1) is 10.0. The average Bonchev–Trinajstić information content (AvgIpc) is 2.45. The zero-order valence-corrected chi connectivity index (χ0v) is 13.4. The average molecular weight is 355 g/mol. The molecule has 0 bridgehead atoms. The molecule has 1 N–H and O–H groups in total. The van der Waals surface area contributed by atoms with Crippen molar-refractivity contribution < 1.29 is 19.0 Å². The third-order valence-corrected chi connectivity index (χ3v) is 3.55. The summed E-state index contributed by atoms with van der Waals surface area (Å²) in [4.78, 5) is 0. The maximum atomic E-state index is 13.8. The van der Waals surface area contributed by atoms with Crippen molar-refractivity contribution in [3.63, 3.8) is 0 Å². The normalized spacial score (nSPS) is 12.0. The van der Waals surface area contributed by atoms with Gasteiger partial charge < -0.3 is 14.6 Å². The van der Waals surface area contributed by atoms with Gasteiger partial charge in [0.05, 0.1) is 13.2 Å². The van der Waals surface area contributed by atoms with Gasteiger partial charge in [-0.2, -0.15) is 0 Å². The maximum absolute atomic E-state index is 13.8. The summed E-state index contributed by atoms with van der Waals surface area (Å²) in [5, 5.41) is 9.40. The summed E-state index contributed by atoms with van der Waals surface area (Å²) in [6.45, 7) is 1.78. The number of benzene rings is 2. The standard InChI is InChI=1S/C16H16BrFO3/c1-10(19)14-5-4-13(8-15(14)18)21-9-11-7-12(17)3-6-16(11)20-2/h3-8,10,19H,9H2,1-2H3. The first-order valence-electron chi connectivity index (χ1n) is 6.44. The van der Waals surface area contributed by atoms with E-state index in [-0.39, 0.29) is 12.2 Å². The van der Waals surface area contributed by atoms with Crippen LogP contribution in [0.4, 0.5) is 4.39 Å². The minimum atomic E-state index is -0.843. The molecule has 2 aromatic carbocycles. The van der Waals surface area contributed by atoms with E-state index in [1.54, 1.807) is 13.2 Å². The fraction of sp³-hybridized carbons (Fsp3) is 0.250. The summed E-state index contributed by atoms with van der Waals surface area (Å²) in [7, 11) is 1.59. The Kier molecular flexibility index (Phi) is 5.20. The summed E-state index contributed by atoms with van der Waals surface area (Å²) in [5.74, 6) is 0.627. The number of aliphatic hydroxyl groups excluding tert-OH is 1. The van der Waals surface area contributed by atoms with Crippen LogP contribution in [0, 0.1) is 5.82 Å². The lowest BCUT2D eigenvalue weighted by molar-refractivity contribution is 0.194. The molecule has 0 aliphatic carbocycles. The SMILES string of the molecule is COc1ccc(Br)cc1COc1ccc(C(C)O)c(F)c1. The van der Waals surface area contributed by atoms with Gasteiger partial charge in [-0.25, -0.2) is 4.39 Å². The van der Waals surface area contributed by atoms with Crippen LogP contribution < -0.4 is 9.47 Å². The van der Waals surface area contributed by atoms with E-state index in [4.69, 9.17) is 9.47 Å². The maximum Gasteiger partial charge on any atom is 0.132 e. The van der Waals surface area contributed by atoms with Gasteiger partial charge in [0.15, 0.2) is 0 Å². The van der Waals surface area contributed by atoms with Crippen LogP contribution in [-0.4, -0.2) is 12.2 Å². The highest BCUT2D eigenvalue weighted by molar-refractivity contribution is 9.10. The highest BCUT2D eigenvalue weighted by atomic mass is 79.9. The minimum Gasteiger partial charge on any atom is -0.496 e. The van der Waals surface area contributed by atoms with Crippen LogP contribution in [0.15, 0.2) is 40.9 Å². The molecule has 2 rings (SSSR count). The smallest absolute Gasteiger partial charge is 0.132 e. The molecule has 5 heteroatoms. The van der Waals surface area contributed by atoms with Crippen molar-refractivity contribution in [2.75, 3.05) is 7.11 Å². The molecule has 0 saturated carbocycles. The van der Waals surface area contributed by atoms with E-state index in [1.165, 1.54) is 19.1 Å². The minimum absolute atomic E-state index is 0.252. The van der Waals surface area contributed by atoms with Gasteiger partial charge in [-0.15, -0.1) is 0 Å². The Bertz CT molecular complexity index is 629. The van der Waals surface area contributed by atoms with E-state index in [0.717, 1.165) is 10.0 Å². The van der Waals surface area contributed by atoms with Gasteiger partial charge in [0.1, 0.15) is 23.9 Å². The molecule has 21 heavy (non-hydrogen) atoms. The lowest BCUT2D eigenvalue weighted by atomic mass is 10.1. The first kappa shape index (κ1) is 15.8. The predicted molar refractivity (Wildman–Crippen MR) is 82.1 cm³/mol. The molecule has 112 valence electrons. The van der Waals surface area contributed by atoms with E-state index < -0.39 is 11.9 Å². The van der Waals surface area contributed by atoms with Crippen LogP contribution in [-0.2, 0) is 6.61 Å². The number of halogens is 2. The van der Waals surface area contributed by atoms with E-state index >= 15 is 0 Å². The summed E-state index contributed by atoms with van der Waals surface area (Å²) in [6.07, 6.45) is -0.843. The summed E-state index contributed by atoms with van der Waals surface area (Å²) < 4.78 is 25.5. The largest absolute Gasteiger partial charge is 0.496 e. The van der Waals surface area contributed by atoms with Crippen molar-refractivity contribution >= 4 is 15.9 Å². The first-order valence-corrected chi connectivity index (χ1v) is 7.23. The second-order valence-corrected chi connectivity index (χ2v) is 5.52. The number of rotatable bonds is 5. The van der Waals surface area contributed by atoms with Crippen LogP contribution in [0.2, 0.25) is 0 Å². The molecule has 1 atom stereocenters. The molecule has 0 heterocycles. The number of hydrogen-bond acceptors (Lipinski definition) is 3. The summed E-state index contributed by atoms with van der Waals surface area (Å²) >= 11 is 3.39. The second kappa shape index (κ2) is 6.91. The predicted octanol–water partition coefficient (Wildman–Crippen LogP) is 4.23. The van der Waals surface area contributed by atoms with E-state index in [0.29, 0.717) is 11.5 Å². The lowest BCUT2D eigenvalue weighted by Crippen LogP contribution is -2.01. The van der Waals surface area contributed by atoms with Gasteiger partial charge in [0.25, 0.3) is 0 Å². The fourth-order valence-electron chi connectivity index (χ4n) is 1.96. The Morgan fingerprint density at radius 1 is 1.24 bits per heavy atom. The molecule has 0 spiro atoms. The van der Waals surface area contributed by atoms with Crippen LogP contribution in [0.5, 0.6) is 11.5 Å². The summed E-state index contributed by atoms with van der Waals surface area (Å²) in [5.41, 5.74) is 1.11. The van der Waals surface area contributed by atoms with Crippen LogP contribution in [0.3, 0.4) is 0 Å². The number of ether oxygens (including phenoxy) is 2. The molecule has 3 nitrogen and oxygen atoms in total. The van der Waals surface area contributed by atoms with Crippen molar-refractivity contribution in [1.29, 1.82) is 0 Å². The quantitative estimate of drug-likeness (QED) is 0.873. The Labute approximate surface area is 131 Å². The third-order valence-electron chi connectivity index (χ3n) is 3.06. The summed E-state index contributed by atoms with van der Waals surface area (Å²) in [6, 6.07) is 10.0. The molecule has 0 saturated heterocycles. The van der Waals surface area contributed by atoms with E-state index in [2.05, 4.69) is 15.9 Å². The number of methoxy groups -OCH3 is 1. The van der Waals surface area contributed by atoms with Gasteiger partial charge in [-0.1, -0.05) is 15.9 Å². The molecular formula is C16H16BrFO3.